The van der Waals surface area contributed by atoms with E-state index in [0.717, 1.165) is 25.7 Å². The molecule has 0 unspecified atom stereocenters. The molecule has 0 saturated heterocycles. The van der Waals surface area contributed by atoms with E-state index in [1.807, 2.05) is 0 Å². The Labute approximate surface area is 154 Å². The zero-order valence-corrected chi connectivity index (χ0v) is 15.4. The number of carbonyl (C=O) groups excluding carboxylic acids is 2. The molecule has 0 spiro atoms. The SMILES string of the molecule is CCCCNC(=O)c1ccc(-c2ccc(C(=O)NCCCC)cn2)nc1. The number of hydrogen-bond acceptors (Lipinski definition) is 4. The van der Waals surface area contributed by atoms with Crippen LogP contribution in [-0.2, 0) is 0 Å². The molecule has 6 heteroatoms. The maximum Gasteiger partial charge on any atom is 0.252 e. The van der Waals surface area contributed by atoms with Crippen molar-refractivity contribution in [2.75, 3.05) is 13.1 Å². The van der Waals surface area contributed by atoms with E-state index >= 15 is 0 Å². The van der Waals surface area contributed by atoms with Crippen LogP contribution in [0.25, 0.3) is 11.4 Å². The van der Waals surface area contributed by atoms with Crippen LogP contribution in [0.3, 0.4) is 0 Å². The van der Waals surface area contributed by atoms with E-state index in [4.69, 9.17) is 0 Å². The van der Waals surface area contributed by atoms with Gasteiger partial charge < -0.3 is 10.6 Å². The molecule has 0 aromatic carbocycles. The smallest absolute Gasteiger partial charge is 0.252 e. The minimum absolute atomic E-state index is 0.121. The van der Waals surface area contributed by atoms with Crippen LogP contribution in [0, 0.1) is 0 Å². The first kappa shape index (κ1) is 19.6. The highest BCUT2D eigenvalue weighted by Gasteiger charge is 2.09. The highest BCUT2D eigenvalue weighted by molar-refractivity contribution is 5.94. The van der Waals surface area contributed by atoms with Crippen LogP contribution < -0.4 is 10.6 Å². The van der Waals surface area contributed by atoms with E-state index < -0.39 is 0 Å². The summed E-state index contributed by atoms with van der Waals surface area (Å²) in [4.78, 5) is 32.6. The molecule has 2 aromatic rings. The van der Waals surface area contributed by atoms with Crippen molar-refractivity contribution in [2.45, 2.75) is 39.5 Å². The molecule has 0 atom stereocenters. The second-order valence-electron chi connectivity index (χ2n) is 6.08. The van der Waals surface area contributed by atoms with Crippen LogP contribution in [0.1, 0.15) is 60.2 Å². The van der Waals surface area contributed by atoms with Crippen LogP contribution in [0.4, 0.5) is 0 Å². The van der Waals surface area contributed by atoms with Gasteiger partial charge in [0.15, 0.2) is 0 Å². The molecule has 0 radical (unpaired) electrons. The van der Waals surface area contributed by atoms with Gasteiger partial charge in [-0.25, -0.2) is 0 Å². The van der Waals surface area contributed by atoms with E-state index in [0.29, 0.717) is 35.6 Å². The number of amides is 2. The Morgan fingerprint density at radius 1 is 0.769 bits per heavy atom. The Morgan fingerprint density at radius 3 is 1.50 bits per heavy atom. The molecule has 6 nitrogen and oxygen atoms in total. The molecule has 138 valence electrons. The number of nitrogens with zero attached hydrogens (tertiary/aromatic N) is 2. The molecule has 2 rings (SSSR count). The lowest BCUT2D eigenvalue weighted by Gasteiger charge is -2.06. The van der Waals surface area contributed by atoms with Crippen molar-refractivity contribution in [3.8, 4) is 11.4 Å². The summed E-state index contributed by atoms with van der Waals surface area (Å²) in [5.41, 5.74) is 2.37. The highest BCUT2D eigenvalue weighted by atomic mass is 16.2. The summed E-state index contributed by atoms with van der Waals surface area (Å²) < 4.78 is 0. The predicted molar refractivity (Wildman–Crippen MR) is 102 cm³/mol. The number of aromatic nitrogens is 2. The fourth-order valence-electron chi connectivity index (χ4n) is 2.32. The van der Waals surface area contributed by atoms with Gasteiger partial charge in [-0.05, 0) is 37.1 Å². The molecule has 0 bridgehead atoms. The Bertz CT molecular complexity index is 648. The first-order chi connectivity index (χ1) is 12.7. The number of nitrogens with one attached hydrogen (secondary N) is 2. The third-order valence-electron chi connectivity index (χ3n) is 3.95. The summed E-state index contributed by atoms with van der Waals surface area (Å²) in [6.45, 7) is 5.49. The van der Waals surface area contributed by atoms with E-state index in [1.165, 1.54) is 0 Å². The minimum atomic E-state index is -0.121. The monoisotopic (exact) mass is 354 g/mol. The van der Waals surface area contributed by atoms with E-state index in [-0.39, 0.29) is 11.8 Å². The van der Waals surface area contributed by atoms with Gasteiger partial charge >= 0.3 is 0 Å². The van der Waals surface area contributed by atoms with Gasteiger partial charge in [0, 0.05) is 25.5 Å². The summed E-state index contributed by atoms with van der Waals surface area (Å²) in [7, 11) is 0. The first-order valence-electron chi connectivity index (χ1n) is 9.14. The lowest BCUT2D eigenvalue weighted by Crippen LogP contribution is -2.24. The lowest BCUT2D eigenvalue weighted by molar-refractivity contribution is 0.0944. The largest absolute Gasteiger partial charge is 0.352 e. The van der Waals surface area contributed by atoms with Crippen molar-refractivity contribution in [3.05, 3.63) is 47.8 Å². The lowest BCUT2D eigenvalue weighted by atomic mass is 10.1. The van der Waals surface area contributed by atoms with Gasteiger partial charge in [-0.2, -0.15) is 0 Å². The molecule has 2 heterocycles. The fraction of sp³-hybridized carbons (Fsp3) is 0.400. The Kier molecular flexibility index (Phi) is 7.74. The normalized spacial score (nSPS) is 10.4. The molecule has 0 aliphatic heterocycles. The van der Waals surface area contributed by atoms with Gasteiger partial charge in [-0.15, -0.1) is 0 Å². The van der Waals surface area contributed by atoms with Gasteiger partial charge in [-0.1, -0.05) is 26.7 Å². The van der Waals surface area contributed by atoms with Gasteiger partial charge in [0.25, 0.3) is 11.8 Å². The molecule has 2 amide bonds. The van der Waals surface area contributed by atoms with E-state index in [2.05, 4.69) is 34.4 Å². The van der Waals surface area contributed by atoms with E-state index in [9.17, 15) is 9.59 Å². The first-order valence-corrected chi connectivity index (χ1v) is 9.14. The quantitative estimate of drug-likeness (QED) is 0.677. The molecular weight excluding hydrogens is 328 g/mol. The maximum absolute atomic E-state index is 12.0. The van der Waals surface area contributed by atoms with Crippen molar-refractivity contribution in [2.24, 2.45) is 0 Å². The van der Waals surface area contributed by atoms with Crippen LogP contribution in [0.15, 0.2) is 36.7 Å². The van der Waals surface area contributed by atoms with Crippen LogP contribution in [-0.4, -0.2) is 34.9 Å². The fourth-order valence-corrected chi connectivity index (χ4v) is 2.32. The van der Waals surface area contributed by atoms with Crippen LogP contribution in [0.5, 0.6) is 0 Å². The molecule has 0 saturated carbocycles. The van der Waals surface area contributed by atoms with Crippen molar-refractivity contribution >= 4 is 11.8 Å². The van der Waals surface area contributed by atoms with Gasteiger partial charge in [0.1, 0.15) is 0 Å². The molecule has 2 N–H and O–H groups in total. The number of pyridine rings is 2. The average molecular weight is 354 g/mol. The molecule has 0 aliphatic carbocycles. The third kappa shape index (κ3) is 5.65. The molecule has 2 aromatic heterocycles. The van der Waals surface area contributed by atoms with Crippen molar-refractivity contribution < 1.29 is 9.59 Å². The molecule has 26 heavy (non-hydrogen) atoms. The summed E-state index contributed by atoms with van der Waals surface area (Å²) >= 11 is 0. The van der Waals surface area contributed by atoms with Crippen molar-refractivity contribution in [1.82, 2.24) is 20.6 Å². The van der Waals surface area contributed by atoms with Gasteiger partial charge in [-0.3, -0.25) is 19.6 Å². The second kappa shape index (κ2) is 10.3. The average Bonchev–Trinajstić information content (AvgIpc) is 2.68. The molecule has 0 fully saturated rings. The zero-order valence-electron chi connectivity index (χ0n) is 15.4. The summed E-state index contributed by atoms with van der Waals surface area (Å²) in [5, 5.41) is 5.72. The summed E-state index contributed by atoms with van der Waals surface area (Å²) in [6, 6.07) is 6.99. The maximum atomic E-state index is 12.0. The predicted octanol–water partition coefficient (Wildman–Crippen LogP) is 3.20. The summed E-state index contributed by atoms with van der Waals surface area (Å²) in [6.07, 6.45) is 7.08. The number of rotatable bonds is 9. The van der Waals surface area contributed by atoms with Crippen molar-refractivity contribution in [3.63, 3.8) is 0 Å². The standard InChI is InChI=1S/C20H26N4O2/c1-3-5-11-21-19(25)15-7-9-17(23-13-15)18-10-8-16(14-24-18)20(26)22-12-6-4-2/h7-10,13-14H,3-6,11-12H2,1-2H3,(H,21,25)(H,22,26). The summed E-state index contributed by atoms with van der Waals surface area (Å²) in [5.74, 6) is -0.242. The topological polar surface area (TPSA) is 84.0 Å². The Morgan fingerprint density at radius 2 is 1.19 bits per heavy atom. The molecule has 0 aliphatic rings. The number of unbranched alkanes of at least 4 members (excludes halogenated alkanes) is 2. The number of hydrogen-bond donors (Lipinski definition) is 2. The Hall–Kier alpha value is -2.76. The Balaban J connectivity index is 1.98. The minimum Gasteiger partial charge on any atom is -0.352 e. The third-order valence-corrected chi connectivity index (χ3v) is 3.95. The van der Waals surface area contributed by atoms with Crippen LogP contribution >= 0.6 is 0 Å². The van der Waals surface area contributed by atoms with E-state index in [1.54, 1.807) is 36.7 Å². The van der Waals surface area contributed by atoms with Crippen LogP contribution in [0.2, 0.25) is 0 Å². The van der Waals surface area contributed by atoms with Gasteiger partial charge in [0.2, 0.25) is 0 Å². The zero-order chi connectivity index (χ0) is 18.8. The second-order valence-corrected chi connectivity index (χ2v) is 6.08. The van der Waals surface area contributed by atoms with Crippen molar-refractivity contribution in [1.29, 1.82) is 0 Å². The highest BCUT2D eigenvalue weighted by Crippen LogP contribution is 2.15. The molecular formula is C20H26N4O2. The number of carbonyl (C=O) groups is 2. The van der Waals surface area contributed by atoms with Gasteiger partial charge in [0.05, 0.1) is 22.5 Å².